The number of hydrogen-bond donors (Lipinski definition) is 0. The van der Waals surface area contributed by atoms with Gasteiger partial charge < -0.3 is 4.74 Å². The molecule has 0 N–H and O–H groups in total. The smallest absolute Gasteiger partial charge is 0.223 e. The molecule has 1 atom stereocenters. The minimum Gasteiger partial charge on any atom is -0.474 e. The average Bonchev–Trinajstić information content (AvgIpc) is 3.08. The van der Waals surface area contributed by atoms with Gasteiger partial charge in [-0.1, -0.05) is 19.4 Å². The van der Waals surface area contributed by atoms with E-state index in [1.165, 1.54) is 12.3 Å². The molecule has 1 aromatic heterocycles. The van der Waals surface area contributed by atoms with Crippen LogP contribution in [0, 0.1) is 6.92 Å². The third kappa shape index (κ3) is 5.26. The summed E-state index contributed by atoms with van der Waals surface area (Å²) < 4.78 is 32.6. The molecular weight excluding hydrogens is 412 g/mol. The van der Waals surface area contributed by atoms with Gasteiger partial charge in [-0.25, -0.2) is 13.1 Å². The average molecular weight is 447 g/mol. The highest BCUT2D eigenvalue weighted by molar-refractivity contribution is 7.90. The van der Waals surface area contributed by atoms with Crippen LogP contribution in [0.5, 0.6) is 5.88 Å². The van der Waals surface area contributed by atoms with Gasteiger partial charge in [-0.3, -0.25) is 4.79 Å². The molecule has 31 heavy (non-hydrogen) atoms. The first kappa shape index (κ1) is 24.9. The number of hydrogen-bond acceptors (Lipinski definition) is 5. The first-order valence-electron chi connectivity index (χ1n) is 10.7. The van der Waals surface area contributed by atoms with Gasteiger partial charge in [-0.2, -0.15) is 5.10 Å². The lowest BCUT2D eigenvalue weighted by molar-refractivity contribution is 0.102. The maximum Gasteiger partial charge on any atom is 0.223 e. The van der Waals surface area contributed by atoms with E-state index in [4.69, 9.17) is 4.74 Å². The summed E-state index contributed by atoms with van der Waals surface area (Å²) in [4.78, 5) is 13.8. The zero-order valence-electron chi connectivity index (χ0n) is 19.9. The van der Waals surface area contributed by atoms with Crippen LogP contribution in [-0.2, 0) is 16.4 Å². The van der Waals surface area contributed by atoms with Crippen molar-refractivity contribution in [3.63, 3.8) is 0 Å². The first-order chi connectivity index (χ1) is 14.4. The van der Waals surface area contributed by atoms with Gasteiger partial charge in [-0.15, -0.1) is 0 Å². The van der Waals surface area contributed by atoms with Crippen LogP contribution in [-0.4, -0.2) is 36.3 Å². The van der Waals surface area contributed by atoms with Crippen molar-refractivity contribution in [2.24, 2.45) is 0 Å². The summed E-state index contributed by atoms with van der Waals surface area (Å²) in [5.41, 5.74) is 3.93. The number of sulfone groups is 1. The lowest BCUT2D eigenvalue weighted by Gasteiger charge is -2.18. The van der Waals surface area contributed by atoms with E-state index < -0.39 is 9.84 Å². The largest absolute Gasteiger partial charge is 0.474 e. The zero-order valence-corrected chi connectivity index (χ0v) is 20.7. The number of nitrogens with zero attached hydrogens (tertiary/aromatic N) is 2. The Morgan fingerprint density at radius 1 is 1.16 bits per heavy atom. The third-order valence-corrected chi connectivity index (χ3v) is 6.69. The Kier molecular flexibility index (Phi) is 7.87. The van der Waals surface area contributed by atoms with Gasteiger partial charge in [-0.05, 0) is 76.3 Å². The predicted octanol–water partition coefficient (Wildman–Crippen LogP) is 5.23. The van der Waals surface area contributed by atoms with E-state index in [2.05, 4.69) is 5.10 Å². The molecule has 0 fully saturated rings. The fourth-order valence-electron chi connectivity index (χ4n) is 3.40. The number of rotatable bonds is 9. The molecule has 1 unspecified atom stereocenters. The minimum absolute atomic E-state index is 0.0592. The van der Waals surface area contributed by atoms with Gasteiger partial charge in [0.05, 0.1) is 17.2 Å². The Bertz CT molecular complexity index is 1110. The maximum absolute atomic E-state index is 13.6. The number of carbonyl (C=O) groups excluding carboxylic acids is 1. The second-order valence-electron chi connectivity index (χ2n) is 8.26. The molecular formula is C24H34N2O4S. The van der Waals surface area contributed by atoms with E-state index in [-0.39, 0.29) is 16.8 Å². The summed E-state index contributed by atoms with van der Waals surface area (Å²) in [5, 5.41) is 4.38. The number of ether oxygens (including phenoxy) is 1. The number of carbonyl (C=O) groups is 1. The summed E-state index contributed by atoms with van der Waals surface area (Å²) >= 11 is 0. The number of aromatic nitrogens is 2. The van der Waals surface area contributed by atoms with Crippen molar-refractivity contribution < 1.29 is 17.9 Å². The van der Waals surface area contributed by atoms with Crippen molar-refractivity contribution in [2.45, 2.75) is 78.9 Å². The molecule has 1 heterocycles. The molecule has 1 aromatic carbocycles. The Morgan fingerprint density at radius 3 is 2.32 bits per heavy atom. The standard InChI is InChI=1S/C24H34N2O4S/c1-9-13-26-24(30-16(5)10-2)20(14-25-26)23(27)19-11-12-21(31(8,28)29)22(18(19)7)17(6)15(3)4/h11-12,14,16H,9-10,13H2,1-8H3. The summed E-state index contributed by atoms with van der Waals surface area (Å²) in [6, 6.07) is 3.13. The topological polar surface area (TPSA) is 78.3 Å². The highest BCUT2D eigenvalue weighted by Crippen LogP contribution is 2.33. The summed E-state index contributed by atoms with van der Waals surface area (Å²) in [5.74, 6) is 0.245. The number of ketones is 1. The molecule has 2 rings (SSSR count). The van der Waals surface area contributed by atoms with Crippen LogP contribution in [0.1, 0.15) is 81.4 Å². The van der Waals surface area contributed by atoms with E-state index in [9.17, 15) is 13.2 Å². The van der Waals surface area contributed by atoms with Crippen LogP contribution in [0.3, 0.4) is 0 Å². The lowest BCUT2D eigenvalue weighted by atomic mass is 9.91. The molecule has 0 saturated heterocycles. The maximum atomic E-state index is 13.6. The van der Waals surface area contributed by atoms with Crippen LogP contribution in [0.25, 0.3) is 5.57 Å². The predicted molar refractivity (Wildman–Crippen MR) is 125 cm³/mol. The van der Waals surface area contributed by atoms with Crippen molar-refractivity contribution >= 4 is 21.2 Å². The molecule has 0 amide bonds. The summed E-state index contributed by atoms with van der Waals surface area (Å²) in [7, 11) is -3.46. The van der Waals surface area contributed by atoms with E-state index in [0.717, 1.165) is 24.0 Å². The fourth-order valence-corrected chi connectivity index (χ4v) is 4.39. The first-order valence-corrected chi connectivity index (χ1v) is 12.6. The van der Waals surface area contributed by atoms with E-state index in [1.54, 1.807) is 23.9 Å². The Labute approximate surface area is 186 Å². The molecule has 0 aliphatic rings. The summed E-state index contributed by atoms with van der Waals surface area (Å²) in [6.45, 7) is 14.2. The molecule has 0 aliphatic heterocycles. The zero-order chi connectivity index (χ0) is 23.5. The molecule has 0 radical (unpaired) electrons. The molecule has 170 valence electrons. The third-order valence-electron chi connectivity index (χ3n) is 5.55. The van der Waals surface area contributed by atoms with Crippen molar-refractivity contribution in [3.8, 4) is 5.88 Å². The molecule has 6 nitrogen and oxygen atoms in total. The Hall–Kier alpha value is -2.41. The highest BCUT2D eigenvalue weighted by Gasteiger charge is 2.26. The van der Waals surface area contributed by atoms with E-state index >= 15 is 0 Å². The second-order valence-corrected chi connectivity index (χ2v) is 10.2. The van der Waals surface area contributed by atoms with Gasteiger partial charge in [0.25, 0.3) is 0 Å². The van der Waals surface area contributed by atoms with Crippen LogP contribution in [0.2, 0.25) is 0 Å². The fraction of sp³-hybridized carbons (Fsp3) is 0.500. The Balaban J connectivity index is 2.72. The Morgan fingerprint density at radius 2 is 1.81 bits per heavy atom. The molecule has 0 saturated carbocycles. The van der Waals surface area contributed by atoms with Gasteiger partial charge in [0.1, 0.15) is 5.56 Å². The van der Waals surface area contributed by atoms with Gasteiger partial charge in [0.15, 0.2) is 15.6 Å². The van der Waals surface area contributed by atoms with Crippen molar-refractivity contribution in [1.82, 2.24) is 9.78 Å². The van der Waals surface area contributed by atoms with Crippen molar-refractivity contribution in [1.29, 1.82) is 0 Å². The monoisotopic (exact) mass is 446 g/mol. The van der Waals surface area contributed by atoms with Crippen molar-refractivity contribution in [2.75, 3.05) is 6.26 Å². The number of allylic oxidation sites excluding steroid dienone is 2. The minimum atomic E-state index is -3.46. The number of benzene rings is 1. The quantitative estimate of drug-likeness (QED) is 0.493. The second kappa shape index (κ2) is 9.81. The van der Waals surface area contributed by atoms with E-state index in [1.807, 2.05) is 41.5 Å². The molecule has 0 bridgehead atoms. The molecule has 7 heteroatoms. The highest BCUT2D eigenvalue weighted by atomic mass is 32.2. The van der Waals surface area contributed by atoms with Crippen LogP contribution >= 0.6 is 0 Å². The lowest BCUT2D eigenvalue weighted by Crippen LogP contribution is -2.17. The normalized spacial score (nSPS) is 12.5. The summed E-state index contributed by atoms with van der Waals surface area (Å²) in [6.07, 6.45) is 4.34. The van der Waals surface area contributed by atoms with Gasteiger partial charge >= 0.3 is 0 Å². The SMILES string of the molecule is CCCn1ncc(C(=O)c2ccc(S(C)(=O)=O)c(C(C)=C(C)C)c2C)c1OC(C)CC. The van der Waals surface area contributed by atoms with E-state index in [0.29, 0.717) is 34.7 Å². The van der Waals surface area contributed by atoms with Crippen LogP contribution < -0.4 is 4.74 Å². The van der Waals surface area contributed by atoms with Crippen molar-refractivity contribution in [3.05, 3.63) is 46.2 Å². The van der Waals surface area contributed by atoms with Crippen LogP contribution in [0.15, 0.2) is 28.8 Å². The molecule has 2 aromatic rings. The molecule has 0 spiro atoms. The number of aryl methyl sites for hydroxylation is 1. The molecule has 0 aliphatic carbocycles. The van der Waals surface area contributed by atoms with Gasteiger partial charge in [0, 0.05) is 18.4 Å². The van der Waals surface area contributed by atoms with Crippen LogP contribution in [0.4, 0.5) is 0 Å². The van der Waals surface area contributed by atoms with Gasteiger partial charge in [0.2, 0.25) is 5.88 Å².